The third-order valence-electron chi connectivity index (χ3n) is 4.19. The molecule has 3 aromatic rings. The van der Waals surface area contributed by atoms with Gasteiger partial charge in [-0.25, -0.2) is 4.98 Å². The number of benzene rings is 1. The first-order valence-electron chi connectivity index (χ1n) is 7.87. The standard InChI is InChI=1S/C17H21N5O/c1-3-4-8-14-12(9-15-19-10-20-22(15)2)16-11(17(23)21-14)6-5-7-13(16)18/h5-7,10H,3-4,8-9,18H2,1-2H3,(H,21,23). The first kappa shape index (κ1) is 15.3. The lowest BCUT2D eigenvalue weighted by atomic mass is 9.97. The van der Waals surface area contributed by atoms with Gasteiger partial charge in [-0.05, 0) is 30.5 Å². The van der Waals surface area contributed by atoms with Gasteiger partial charge in [0.25, 0.3) is 5.56 Å². The summed E-state index contributed by atoms with van der Waals surface area (Å²) in [5.41, 5.74) is 8.73. The smallest absolute Gasteiger partial charge is 0.256 e. The molecule has 6 nitrogen and oxygen atoms in total. The Labute approximate surface area is 134 Å². The number of aromatic amines is 1. The van der Waals surface area contributed by atoms with Crippen LogP contribution in [0.2, 0.25) is 0 Å². The Morgan fingerprint density at radius 3 is 2.87 bits per heavy atom. The molecule has 23 heavy (non-hydrogen) atoms. The average Bonchev–Trinajstić information content (AvgIpc) is 2.93. The van der Waals surface area contributed by atoms with Crippen LogP contribution in [0.5, 0.6) is 0 Å². The lowest BCUT2D eigenvalue weighted by Gasteiger charge is -2.14. The van der Waals surface area contributed by atoms with Gasteiger partial charge in [-0.2, -0.15) is 5.10 Å². The molecule has 0 bridgehead atoms. The SMILES string of the molecule is CCCCc1[nH]c(=O)c2cccc(N)c2c1Cc1ncnn1C. The van der Waals surface area contributed by atoms with Gasteiger partial charge in [-0.1, -0.05) is 19.4 Å². The van der Waals surface area contributed by atoms with E-state index in [9.17, 15) is 4.79 Å². The molecule has 1 aromatic carbocycles. The molecule has 0 aliphatic carbocycles. The molecule has 0 atom stereocenters. The second-order valence-corrected chi connectivity index (χ2v) is 5.76. The number of H-pyrrole nitrogens is 1. The third-order valence-corrected chi connectivity index (χ3v) is 4.19. The zero-order chi connectivity index (χ0) is 16.4. The number of anilines is 1. The molecule has 0 fully saturated rings. The largest absolute Gasteiger partial charge is 0.398 e. The Hall–Kier alpha value is -2.63. The molecule has 0 spiro atoms. The summed E-state index contributed by atoms with van der Waals surface area (Å²) in [5, 5.41) is 5.59. The van der Waals surface area contributed by atoms with Gasteiger partial charge in [0.05, 0.1) is 0 Å². The van der Waals surface area contributed by atoms with Crippen LogP contribution in [0, 0.1) is 0 Å². The van der Waals surface area contributed by atoms with Crippen LogP contribution < -0.4 is 11.3 Å². The quantitative estimate of drug-likeness (QED) is 0.707. The average molecular weight is 311 g/mol. The van der Waals surface area contributed by atoms with Crippen molar-refractivity contribution in [2.45, 2.75) is 32.6 Å². The molecule has 2 aromatic heterocycles. The van der Waals surface area contributed by atoms with Crippen LogP contribution in [0.4, 0.5) is 5.69 Å². The van der Waals surface area contributed by atoms with Crippen molar-refractivity contribution in [2.24, 2.45) is 7.05 Å². The van der Waals surface area contributed by atoms with Crippen LogP contribution in [0.3, 0.4) is 0 Å². The minimum absolute atomic E-state index is 0.0832. The van der Waals surface area contributed by atoms with E-state index in [-0.39, 0.29) is 5.56 Å². The number of aryl methyl sites for hydroxylation is 2. The van der Waals surface area contributed by atoms with Crippen molar-refractivity contribution in [2.75, 3.05) is 5.73 Å². The maximum absolute atomic E-state index is 12.4. The summed E-state index contributed by atoms with van der Waals surface area (Å²) < 4.78 is 1.75. The number of aromatic nitrogens is 4. The number of hydrogen-bond donors (Lipinski definition) is 2. The van der Waals surface area contributed by atoms with E-state index in [2.05, 4.69) is 22.0 Å². The minimum Gasteiger partial charge on any atom is -0.398 e. The van der Waals surface area contributed by atoms with Crippen LogP contribution in [-0.2, 0) is 19.9 Å². The highest BCUT2D eigenvalue weighted by molar-refractivity contribution is 5.95. The van der Waals surface area contributed by atoms with Gasteiger partial charge in [0, 0.05) is 35.6 Å². The van der Waals surface area contributed by atoms with Gasteiger partial charge in [-0.3, -0.25) is 9.48 Å². The van der Waals surface area contributed by atoms with E-state index in [1.54, 1.807) is 4.68 Å². The van der Waals surface area contributed by atoms with Gasteiger partial charge in [0.2, 0.25) is 0 Å². The van der Waals surface area contributed by atoms with Gasteiger partial charge in [-0.15, -0.1) is 0 Å². The van der Waals surface area contributed by atoms with Crippen molar-refractivity contribution in [1.82, 2.24) is 19.7 Å². The molecule has 3 rings (SSSR count). The molecule has 0 saturated heterocycles. The van der Waals surface area contributed by atoms with E-state index >= 15 is 0 Å². The molecule has 2 heterocycles. The molecule has 0 aliphatic rings. The van der Waals surface area contributed by atoms with Crippen molar-refractivity contribution in [3.05, 3.63) is 52.0 Å². The zero-order valence-electron chi connectivity index (χ0n) is 13.5. The molecule has 6 heteroatoms. The molecule has 3 N–H and O–H groups in total. The number of unbranched alkanes of at least 4 members (excludes halogenated alkanes) is 1. The van der Waals surface area contributed by atoms with Crippen LogP contribution in [-0.4, -0.2) is 19.7 Å². The summed E-state index contributed by atoms with van der Waals surface area (Å²) in [4.78, 5) is 19.7. The summed E-state index contributed by atoms with van der Waals surface area (Å²) in [6, 6.07) is 5.46. The predicted octanol–water partition coefficient (Wildman–Crippen LogP) is 2.17. The van der Waals surface area contributed by atoms with E-state index < -0.39 is 0 Å². The zero-order valence-corrected chi connectivity index (χ0v) is 13.5. The van der Waals surface area contributed by atoms with Crippen LogP contribution in [0.15, 0.2) is 29.3 Å². The highest BCUT2D eigenvalue weighted by atomic mass is 16.1. The molecule has 0 amide bonds. The maximum atomic E-state index is 12.4. The van der Waals surface area contributed by atoms with E-state index in [4.69, 9.17) is 5.73 Å². The fourth-order valence-electron chi connectivity index (χ4n) is 2.93. The van der Waals surface area contributed by atoms with Gasteiger partial charge < -0.3 is 10.7 Å². The van der Waals surface area contributed by atoms with Crippen molar-refractivity contribution in [3.63, 3.8) is 0 Å². The lowest BCUT2D eigenvalue weighted by Crippen LogP contribution is -2.15. The second kappa shape index (κ2) is 6.24. The topological polar surface area (TPSA) is 89.6 Å². The molecular weight excluding hydrogens is 290 g/mol. The fraction of sp³-hybridized carbons (Fsp3) is 0.353. The van der Waals surface area contributed by atoms with Gasteiger partial charge in [0.15, 0.2) is 0 Å². The Bertz CT molecular complexity index is 894. The normalized spacial score (nSPS) is 11.2. The number of hydrogen-bond acceptors (Lipinski definition) is 4. The predicted molar refractivity (Wildman–Crippen MR) is 91.4 cm³/mol. The minimum atomic E-state index is -0.0832. The number of nitrogens with two attached hydrogens (primary N) is 1. The molecule has 0 unspecified atom stereocenters. The number of nitrogen functional groups attached to an aromatic ring is 1. The number of nitrogens with zero attached hydrogens (tertiary/aromatic N) is 3. The van der Waals surface area contributed by atoms with Crippen molar-refractivity contribution < 1.29 is 0 Å². The maximum Gasteiger partial charge on any atom is 0.256 e. The van der Waals surface area contributed by atoms with Crippen molar-refractivity contribution in [3.8, 4) is 0 Å². The van der Waals surface area contributed by atoms with E-state index in [0.29, 0.717) is 17.5 Å². The second-order valence-electron chi connectivity index (χ2n) is 5.76. The van der Waals surface area contributed by atoms with Gasteiger partial charge in [0.1, 0.15) is 12.2 Å². The number of pyridine rings is 1. The summed E-state index contributed by atoms with van der Waals surface area (Å²) in [7, 11) is 1.87. The Morgan fingerprint density at radius 2 is 2.17 bits per heavy atom. The van der Waals surface area contributed by atoms with Crippen LogP contribution in [0.1, 0.15) is 36.8 Å². The Kier molecular flexibility index (Phi) is 4.14. The van der Waals surface area contributed by atoms with E-state index in [0.717, 1.165) is 41.7 Å². The highest BCUT2D eigenvalue weighted by Gasteiger charge is 2.15. The number of fused-ring (bicyclic) bond motifs is 1. The van der Waals surface area contributed by atoms with Crippen LogP contribution >= 0.6 is 0 Å². The Morgan fingerprint density at radius 1 is 1.35 bits per heavy atom. The van der Waals surface area contributed by atoms with Crippen LogP contribution in [0.25, 0.3) is 10.8 Å². The molecule has 0 saturated carbocycles. The number of nitrogens with one attached hydrogen (secondary N) is 1. The fourth-order valence-corrected chi connectivity index (χ4v) is 2.93. The third kappa shape index (κ3) is 2.84. The summed E-state index contributed by atoms with van der Waals surface area (Å²) in [5.74, 6) is 0.847. The van der Waals surface area contributed by atoms with Crippen molar-refractivity contribution >= 4 is 16.5 Å². The monoisotopic (exact) mass is 311 g/mol. The Balaban J connectivity index is 2.24. The van der Waals surface area contributed by atoms with Gasteiger partial charge >= 0.3 is 0 Å². The first-order valence-corrected chi connectivity index (χ1v) is 7.87. The summed E-state index contributed by atoms with van der Waals surface area (Å²) in [6.45, 7) is 2.13. The van der Waals surface area contributed by atoms with E-state index in [1.165, 1.54) is 6.33 Å². The molecule has 120 valence electrons. The first-order chi connectivity index (χ1) is 11.1. The molecule has 0 radical (unpaired) electrons. The summed E-state index contributed by atoms with van der Waals surface area (Å²) in [6.07, 6.45) is 5.03. The molecular formula is C17H21N5O. The summed E-state index contributed by atoms with van der Waals surface area (Å²) >= 11 is 0. The molecule has 0 aliphatic heterocycles. The highest BCUT2D eigenvalue weighted by Crippen LogP contribution is 2.26. The van der Waals surface area contributed by atoms with E-state index in [1.807, 2.05) is 25.2 Å². The van der Waals surface area contributed by atoms with Crippen molar-refractivity contribution in [1.29, 1.82) is 0 Å². The number of rotatable bonds is 5. The lowest BCUT2D eigenvalue weighted by molar-refractivity contribution is 0.710.